The van der Waals surface area contributed by atoms with Gasteiger partial charge in [0, 0.05) is 0 Å². The maximum Gasteiger partial charge on any atom is 0.170 e. The van der Waals surface area contributed by atoms with Gasteiger partial charge in [-0.3, -0.25) is 4.79 Å². The summed E-state index contributed by atoms with van der Waals surface area (Å²) in [5.41, 5.74) is 0.833. The molecule has 0 spiro atoms. The number of hydrogen-bond acceptors (Lipinski definition) is 2. The Morgan fingerprint density at radius 2 is 2.27 bits per heavy atom. The molecule has 0 unspecified atom stereocenters. The normalized spacial score (nSPS) is 10.6. The molecule has 0 amide bonds. The summed E-state index contributed by atoms with van der Waals surface area (Å²) in [6, 6.07) is 5.27. The first kappa shape index (κ1) is 12.1. The summed E-state index contributed by atoms with van der Waals surface area (Å²) in [4.78, 5) is 10.9. The van der Waals surface area contributed by atoms with Crippen LogP contribution in [0.1, 0.15) is 5.56 Å². The predicted octanol–water partition coefficient (Wildman–Crippen LogP) is 3.17. The fourth-order valence-electron chi connectivity index (χ4n) is 1.02. The van der Waals surface area contributed by atoms with Crippen molar-refractivity contribution in [3.8, 4) is 5.75 Å². The second-order valence-electron chi connectivity index (χ2n) is 2.83. The average Bonchev–Trinajstić information content (AvgIpc) is 2.26. The molecule has 0 saturated carbocycles. The van der Waals surface area contributed by atoms with Crippen molar-refractivity contribution in [1.29, 1.82) is 0 Å². The number of carbonyl (C=O) groups is 1. The van der Waals surface area contributed by atoms with Crippen LogP contribution in [0.2, 0.25) is 5.02 Å². The van der Waals surface area contributed by atoms with Crippen LogP contribution < -0.4 is 4.74 Å². The minimum Gasteiger partial charge on any atom is -0.495 e. The van der Waals surface area contributed by atoms with Crippen LogP contribution in [-0.4, -0.2) is 18.8 Å². The minimum absolute atomic E-state index is 0.0135. The first-order valence-electron chi connectivity index (χ1n) is 4.28. The van der Waals surface area contributed by atoms with Crippen LogP contribution in [0, 0.1) is 0 Å². The number of carbonyl (C=O) groups excluding carboxylic acids is 1. The smallest absolute Gasteiger partial charge is 0.170 e. The summed E-state index contributed by atoms with van der Waals surface area (Å²) in [5, 5.41) is 0.512. The quantitative estimate of drug-likeness (QED) is 0.601. The summed E-state index contributed by atoms with van der Waals surface area (Å²) in [5.74, 6) is 0.460. The van der Waals surface area contributed by atoms with E-state index in [1.54, 1.807) is 25.3 Å². The zero-order valence-corrected chi connectivity index (χ0v) is 9.68. The van der Waals surface area contributed by atoms with Gasteiger partial charge in [0.2, 0.25) is 0 Å². The van der Waals surface area contributed by atoms with Gasteiger partial charge < -0.3 is 4.74 Å². The fraction of sp³-hybridized carbons (Fsp3) is 0.182. The van der Waals surface area contributed by atoms with Crippen LogP contribution in [0.3, 0.4) is 0 Å². The third kappa shape index (κ3) is 3.57. The van der Waals surface area contributed by atoms with Gasteiger partial charge in [-0.25, -0.2) is 0 Å². The first-order chi connectivity index (χ1) is 7.17. The molecule has 1 aromatic rings. The van der Waals surface area contributed by atoms with E-state index in [4.69, 9.17) is 27.9 Å². The van der Waals surface area contributed by atoms with Gasteiger partial charge in [0.25, 0.3) is 0 Å². The SMILES string of the molecule is COc1ccc(C=CC(=O)CCl)cc1Cl. The largest absolute Gasteiger partial charge is 0.495 e. The standard InChI is InChI=1S/C11H10Cl2O2/c1-15-11-5-3-8(6-10(11)13)2-4-9(14)7-12/h2-6H,7H2,1H3. The lowest BCUT2D eigenvalue weighted by Gasteiger charge is -2.02. The molecule has 1 aromatic carbocycles. The van der Waals surface area contributed by atoms with E-state index in [0.717, 1.165) is 5.56 Å². The molecule has 0 fully saturated rings. The van der Waals surface area contributed by atoms with Crippen molar-refractivity contribution in [3.63, 3.8) is 0 Å². The Morgan fingerprint density at radius 1 is 1.53 bits per heavy atom. The van der Waals surface area contributed by atoms with Gasteiger partial charge in [-0.15, -0.1) is 11.6 Å². The van der Waals surface area contributed by atoms with Crippen LogP contribution in [0.15, 0.2) is 24.3 Å². The Hall–Kier alpha value is -0.990. The molecule has 2 nitrogen and oxygen atoms in total. The molecule has 0 aliphatic rings. The van der Waals surface area contributed by atoms with Crippen molar-refractivity contribution in [3.05, 3.63) is 34.9 Å². The molecule has 0 radical (unpaired) electrons. The molecule has 80 valence electrons. The summed E-state index contributed by atoms with van der Waals surface area (Å²) in [7, 11) is 1.55. The molecule has 0 heterocycles. The summed E-state index contributed by atoms with van der Waals surface area (Å²) < 4.78 is 5.00. The number of methoxy groups -OCH3 is 1. The lowest BCUT2D eigenvalue weighted by atomic mass is 10.2. The second-order valence-corrected chi connectivity index (χ2v) is 3.50. The molecule has 4 heteroatoms. The number of halogens is 2. The lowest BCUT2D eigenvalue weighted by molar-refractivity contribution is -0.112. The van der Waals surface area contributed by atoms with E-state index in [9.17, 15) is 4.79 Å². The van der Waals surface area contributed by atoms with E-state index in [2.05, 4.69) is 0 Å². The third-order valence-corrected chi connectivity index (χ3v) is 2.33. The minimum atomic E-state index is -0.136. The zero-order valence-electron chi connectivity index (χ0n) is 8.17. The Balaban J connectivity index is 2.84. The highest BCUT2D eigenvalue weighted by Gasteiger charge is 1.99. The molecule has 0 atom stereocenters. The van der Waals surface area contributed by atoms with E-state index in [1.807, 2.05) is 6.07 Å². The molecule has 0 aliphatic carbocycles. The van der Waals surface area contributed by atoms with Crippen LogP contribution >= 0.6 is 23.2 Å². The van der Waals surface area contributed by atoms with E-state index < -0.39 is 0 Å². The van der Waals surface area contributed by atoms with Gasteiger partial charge in [0.1, 0.15) is 5.75 Å². The number of ether oxygens (including phenoxy) is 1. The summed E-state index contributed by atoms with van der Waals surface area (Å²) in [6.07, 6.45) is 3.08. The van der Waals surface area contributed by atoms with Crippen LogP contribution in [0.4, 0.5) is 0 Å². The van der Waals surface area contributed by atoms with Crippen LogP contribution in [0.25, 0.3) is 6.08 Å². The Labute approximate surface area is 98.4 Å². The number of hydrogen-bond donors (Lipinski definition) is 0. The van der Waals surface area contributed by atoms with Crippen LogP contribution in [0.5, 0.6) is 5.75 Å². The number of ketones is 1. The van der Waals surface area contributed by atoms with Crippen molar-refractivity contribution in [2.75, 3.05) is 13.0 Å². The van der Waals surface area contributed by atoms with Gasteiger partial charge in [-0.2, -0.15) is 0 Å². The van der Waals surface area contributed by atoms with Gasteiger partial charge in [-0.05, 0) is 23.8 Å². The van der Waals surface area contributed by atoms with Crippen molar-refractivity contribution in [2.24, 2.45) is 0 Å². The van der Waals surface area contributed by atoms with Gasteiger partial charge >= 0.3 is 0 Å². The molecule has 0 saturated heterocycles. The fourth-order valence-corrected chi connectivity index (χ4v) is 1.38. The summed E-state index contributed by atoms with van der Waals surface area (Å²) >= 11 is 11.3. The maximum absolute atomic E-state index is 10.9. The number of alkyl halides is 1. The number of benzene rings is 1. The van der Waals surface area contributed by atoms with Crippen molar-refractivity contribution in [2.45, 2.75) is 0 Å². The number of allylic oxidation sites excluding steroid dienone is 1. The monoisotopic (exact) mass is 244 g/mol. The third-order valence-electron chi connectivity index (χ3n) is 1.77. The number of rotatable bonds is 4. The Bertz CT molecular complexity index is 386. The highest BCUT2D eigenvalue weighted by molar-refractivity contribution is 6.32. The molecule has 0 bridgehead atoms. The Kier molecular flexibility index (Phi) is 4.66. The molecule has 1 rings (SSSR count). The highest BCUT2D eigenvalue weighted by atomic mass is 35.5. The zero-order chi connectivity index (χ0) is 11.3. The van der Waals surface area contributed by atoms with Crippen molar-refractivity contribution >= 4 is 35.1 Å². The van der Waals surface area contributed by atoms with Crippen molar-refractivity contribution in [1.82, 2.24) is 0 Å². The molecule has 15 heavy (non-hydrogen) atoms. The molecule has 0 aromatic heterocycles. The van der Waals surface area contributed by atoms with E-state index in [1.165, 1.54) is 6.08 Å². The lowest BCUT2D eigenvalue weighted by Crippen LogP contribution is -1.91. The second kappa shape index (κ2) is 5.79. The van der Waals surface area contributed by atoms with Gasteiger partial charge in [0.05, 0.1) is 18.0 Å². The van der Waals surface area contributed by atoms with E-state index >= 15 is 0 Å². The average molecular weight is 245 g/mol. The molecule has 0 N–H and O–H groups in total. The first-order valence-corrected chi connectivity index (χ1v) is 5.19. The van der Waals surface area contributed by atoms with E-state index in [0.29, 0.717) is 10.8 Å². The van der Waals surface area contributed by atoms with Gasteiger partial charge in [-0.1, -0.05) is 23.7 Å². The molecular formula is C11H10Cl2O2. The molecular weight excluding hydrogens is 235 g/mol. The maximum atomic E-state index is 10.9. The summed E-state index contributed by atoms with van der Waals surface area (Å²) in [6.45, 7) is 0. The highest BCUT2D eigenvalue weighted by Crippen LogP contribution is 2.25. The molecule has 0 aliphatic heterocycles. The Morgan fingerprint density at radius 3 is 2.80 bits per heavy atom. The topological polar surface area (TPSA) is 26.3 Å². The van der Waals surface area contributed by atoms with Crippen molar-refractivity contribution < 1.29 is 9.53 Å². The predicted molar refractivity (Wildman–Crippen MR) is 62.8 cm³/mol. The van der Waals surface area contributed by atoms with Gasteiger partial charge in [0.15, 0.2) is 5.78 Å². The van der Waals surface area contributed by atoms with E-state index in [-0.39, 0.29) is 11.7 Å². The van der Waals surface area contributed by atoms with Crippen LogP contribution in [-0.2, 0) is 4.79 Å².